The molecule has 0 saturated carbocycles. The Morgan fingerprint density at radius 3 is 2.27 bits per heavy atom. The van der Waals surface area contributed by atoms with Gasteiger partial charge in [-0.1, -0.05) is 36.0 Å². The second-order valence-corrected chi connectivity index (χ2v) is 9.90. The lowest BCUT2D eigenvalue weighted by molar-refractivity contribution is -0.114. The molecule has 172 valence electrons. The van der Waals surface area contributed by atoms with E-state index in [2.05, 4.69) is 27.4 Å². The summed E-state index contributed by atoms with van der Waals surface area (Å²) in [5, 5.41) is 14.0. The van der Waals surface area contributed by atoms with Crippen molar-refractivity contribution >= 4 is 44.8 Å². The van der Waals surface area contributed by atoms with E-state index >= 15 is 0 Å². The van der Waals surface area contributed by atoms with Crippen LogP contribution in [-0.4, -0.2) is 40.7 Å². The number of carbonyl (C=O) groups is 2. The van der Waals surface area contributed by atoms with Crippen LogP contribution < -0.4 is 10.6 Å². The number of thioether (sulfide) groups is 1. The zero-order chi connectivity index (χ0) is 23.8. The molecule has 0 saturated heterocycles. The summed E-state index contributed by atoms with van der Waals surface area (Å²) in [7, 11) is -3.60. The summed E-state index contributed by atoms with van der Waals surface area (Å²) in [5.74, 6) is -0.434. The number of allylic oxidation sites excluding steroid dienone is 1. The molecule has 1 heterocycles. The van der Waals surface area contributed by atoms with E-state index in [1.807, 2.05) is 0 Å². The van der Waals surface area contributed by atoms with Gasteiger partial charge in [-0.2, -0.15) is 0 Å². The topological polar surface area (TPSA) is 123 Å². The zero-order valence-corrected chi connectivity index (χ0v) is 19.5. The molecule has 9 nitrogen and oxygen atoms in total. The van der Waals surface area contributed by atoms with E-state index in [0.29, 0.717) is 23.1 Å². The Hall–Kier alpha value is -3.44. The molecule has 3 rings (SSSR count). The molecule has 2 N–H and O–H groups in total. The molecule has 0 unspecified atom stereocenters. The third-order valence-electron chi connectivity index (χ3n) is 4.35. The Bertz CT molecular complexity index is 1240. The Kier molecular flexibility index (Phi) is 8.01. The van der Waals surface area contributed by atoms with Crippen molar-refractivity contribution in [3.8, 4) is 0 Å². The minimum Gasteiger partial charge on any atom is -0.326 e. The first kappa shape index (κ1) is 24.2. The van der Waals surface area contributed by atoms with Crippen molar-refractivity contribution in [2.75, 3.05) is 16.4 Å². The van der Waals surface area contributed by atoms with Crippen LogP contribution >= 0.6 is 11.8 Å². The van der Waals surface area contributed by atoms with E-state index in [-0.39, 0.29) is 34.0 Å². The molecule has 1 aromatic heterocycles. The molecule has 0 spiro atoms. The molecule has 33 heavy (non-hydrogen) atoms. The standard InChI is InChI=1S/C22H23N5O4S2/c1-3-13-27-20(15-33(30,31)19-7-5-4-6-8-19)25-26-22(27)32-14-21(29)24-18-11-9-17(10-12-18)23-16(2)28/h3-12H,1,13-15H2,2H3,(H,23,28)(H,24,29). The molecule has 2 aromatic carbocycles. The minimum absolute atomic E-state index is 0.0498. The predicted molar refractivity (Wildman–Crippen MR) is 128 cm³/mol. The van der Waals surface area contributed by atoms with Crippen LogP contribution in [0.1, 0.15) is 12.7 Å². The number of nitrogens with zero attached hydrogens (tertiary/aromatic N) is 3. The number of anilines is 2. The Labute approximate surface area is 196 Å². The van der Waals surface area contributed by atoms with Crippen LogP contribution in [-0.2, 0) is 31.7 Å². The van der Waals surface area contributed by atoms with Gasteiger partial charge in [-0.15, -0.1) is 16.8 Å². The number of carbonyl (C=O) groups excluding carboxylic acids is 2. The van der Waals surface area contributed by atoms with E-state index in [1.54, 1.807) is 53.1 Å². The van der Waals surface area contributed by atoms with E-state index in [9.17, 15) is 18.0 Å². The van der Waals surface area contributed by atoms with Gasteiger partial charge in [-0.25, -0.2) is 8.42 Å². The number of hydrogen-bond acceptors (Lipinski definition) is 7. The van der Waals surface area contributed by atoms with E-state index < -0.39 is 9.84 Å². The van der Waals surface area contributed by atoms with Gasteiger partial charge in [0.15, 0.2) is 15.0 Å². The number of rotatable bonds is 10. The van der Waals surface area contributed by atoms with Gasteiger partial charge >= 0.3 is 0 Å². The second-order valence-electron chi connectivity index (χ2n) is 6.97. The third-order valence-corrected chi connectivity index (χ3v) is 6.94. The number of nitrogens with one attached hydrogen (secondary N) is 2. The Morgan fingerprint density at radius 1 is 1.03 bits per heavy atom. The first-order valence-corrected chi connectivity index (χ1v) is 12.5. The molecular weight excluding hydrogens is 462 g/mol. The van der Waals surface area contributed by atoms with Crippen molar-refractivity contribution < 1.29 is 18.0 Å². The summed E-state index contributed by atoms with van der Waals surface area (Å²) in [6.45, 7) is 5.43. The molecule has 0 aliphatic heterocycles. The molecule has 3 aromatic rings. The second kappa shape index (κ2) is 10.9. The number of amides is 2. The van der Waals surface area contributed by atoms with Crippen molar-refractivity contribution in [3.05, 3.63) is 73.1 Å². The highest BCUT2D eigenvalue weighted by molar-refractivity contribution is 7.99. The fourth-order valence-corrected chi connectivity index (χ4v) is 4.95. The fraction of sp³-hybridized carbons (Fsp3) is 0.182. The molecule has 0 bridgehead atoms. The molecule has 0 fully saturated rings. The lowest BCUT2D eigenvalue weighted by atomic mass is 10.3. The maximum Gasteiger partial charge on any atom is 0.234 e. The quantitative estimate of drug-likeness (QED) is 0.334. The summed E-state index contributed by atoms with van der Waals surface area (Å²) in [4.78, 5) is 23.7. The summed E-state index contributed by atoms with van der Waals surface area (Å²) in [6, 6.07) is 14.9. The van der Waals surface area contributed by atoms with Crippen molar-refractivity contribution in [2.24, 2.45) is 0 Å². The van der Waals surface area contributed by atoms with Crippen LogP contribution in [0.5, 0.6) is 0 Å². The van der Waals surface area contributed by atoms with E-state index in [0.717, 1.165) is 11.8 Å². The number of aromatic nitrogens is 3. The zero-order valence-electron chi connectivity index (χ0n) is 17.9. The fourth-order valence-electron chi connectivity index (χ4n) is 2.89. The maximum atomic E-state index is 12.7. The van der Waals surface area contributed by atoms with Crippen LogP contribution in [0.15, 0.2) is 77.3 Å². The highest BCUT2D eigenvalue weighted by Crippen LogP contribution is 2.21. The van der Waals surface area contributed by atoms with Crippen LogP contribution in [0, 0.1) is 0 Å². The van der Waals surface area contributed by atoms with Gasteiger partial charge in [0.1, 0.15) is 11.6 Å². The van der Waals surface area contributed by atoms with Gasteiger partial charge < -0.3 is 15.2 Å². The number of benzene rings is 2. The Morgan fingerprint density at radius 2 is 1.67 bits per heavy atom. The molecular formula is C22H23N5O4S2. The summed E-state index contributed by atoms with van der Waals surface area (Å²) >= 11 is 1.15. The first-order chi connectivity index (χ1) is 15.8. The normalized spacial score (nSPS) is 11.1. The van der Waals surface area contributed by atoms with Crippen molar-refractivity contribution in [2.45, 2.75) is 29.3 Å². The largest absolute Gasteiger partial charge is 0.326 e. The summed E-state index contributed by atoms with van der Waals surface area (Å²) < 4.78 is 27.1. The Balaban J connectivity index is 1.65. The van der Waals surface area contributed by atoms with Gasteiger partial charge in [0.05, 0.1) is 10.6 Å². The summed E-state index contributed by atoms with van der Waals surface area (Å²) in [6.07, 6.45) is 1.61. The molecule has 2 amide bonds. The number of sulfone groups is 1. The molecule has 0 aliphatic carbocycles. The van der Waals surface area contributed by atoms with Gasteiger partial charge in [-0.05, 0) is 36.4 Å². The first-order valence-electron chi connectivity index (χ1n) is 9.89. The highest BCUT2D eigenvalue weighted by atomic mass is 32.2. The van der Waals surface area contributed by atoms with Crippen molar-refractivity contribution in [3.63, 3.8) is 0 Å². The third kappa shape index (κ3) is 6.77. The monoisotopic (exact) mass is 485 g/mol. The average molecular weight is 486 g/mol. The van der Waals surface area contributed by atoms with Gasteiger partial charge in [0.2, 0.25) is 11.8 Å². The van der Waals surface area contributed by atoms with E-state index in [1.165, 1.54) is 19.1 Å². The smallest absolute Gasteiger partial charge is 0.234 e. The van der Waals surface area contributed by atoms with Crippen molar-refractivity contribution in [1.82, 2.24) is 14.8 Å². The summed E-state index contributed by atoms with van der Waals surface area (Å²) in [5.41, 5.74) is 1.21. The maximum absolute atomic E-state index is 12.7. The molecule has 11 heteroatoms. The van der Waals surface area contributed by atoms with Gasteiger partial charge in [0, 0.05) is 24.8 Å². The van der Waals surface area contributed by atoms with Crippen molar-refractivity contribution in [1.29, 1.82) is 0 Å². The molecule has 0 aliphatic rings. The lowest BCUT2D eigenvalue weighted by Gasteiger charge is -2.09. The average Bonchev–Trinajstić information content (AvgIpc) is 3.15. The van der Waals surface area contributed by atoms with Crippen LogP contribution in [0.3, 0.4) is 0 Å². The molecule has 0 atom stereocenters. The van der Waals surface area contributed by atoms with Crippen LogP contribution in [0.25, 0.3) is 0 Å². The van der Waals surface area contributed by atoms with Gasteiger partial charge in [0.25, 0.3) is 0 Å². The minimum atomic E-state index is -3.60. The highest BCUT2D eigenvalue weighted by Gasteiger charge is 2.21. The SMILES string of the molecule is C=CCn1c(CS(=O)(=O)c2ccccc2)nnc1SCC(=O)Nc1ccc(NC(C)=O)cc1. The molecule has 0 radical (unpaired) electrons. The number of hydrogen-bond donors (Lipinski definition) is 2. The lowest BCUT2D eigenvalue weighted by Crippen LogP contribution is -2.15. The predicted octanol–water partition coefficient (Wildman–Crippen LogP) is 3.13. The van der Waals surface area contributed by atoms with Crippen LogP contribution in [0.4, 0.5) is 11.4 Å². The van der Waals surface area contributed by atoms with E-state index in [4.69, 9.17) is 0 Å². The van der Waals surface area contributed by atoms with Crippen LogP contribution in [0.2, 0.25) is 0 Å². The van der Waals surface area contributed by atoms with Gasteiger partial charge in [-0.3, -0.25) is 9.59 Å².